The van der Waals surface area contributed by atoms with Crippen LogP contribution in [0.2, 0.25) is 0 Å². The number of sulfonamides is 1. The number of nitrogens with one attached hydrogen (secondary N) is 2. The fourth-order valence-corrected chi connectivity index (χ4v) is 4.17. The van der Waals surface area contributed by atoms with Crippen LogP contribution < -0.4 is 14.8 Å². The number of hydrogen-bond donors (Lipinski definition) is 2. The molecule has 0 aliphatic heterocycles. The number of rotatable bonds is 6. The maximum absolute atomic E-state index is 12.8. The lowest BCUT2D eigenvalue weighted by molar-refractivity contribution is 0.402. The van der Waals surface area contributed by atoms with Gasteiger partial charge in [-0.05, 0) is 61.7 Å². The molecule has 7 heteroatoms. The second-order valence-corrected chi connectivity index (χ2v) is 8.23. The summed E-state index contributed by atoms with van der Waals surface area (Å²) in [5.74, 6) is 0.924. The number of ether oxygens (including phenoxy) is 1. The van der Waals surface area contributed by atoms with Crippen molar-refractivity contribution in [2.75, 3.05) is 17.1 Å². The summed E-state index contributed by atoms with van der Waals surface area (Å²) < 4.78 is 33.3. The SMILES string of the molecule is COc1ccc(C)cc1S(=O)(=O)Nc1ccc(Nc2c(C)cccc2C)nc1. The molecule has 1 heterocycles. The third-order valence-electron chi connectivity index (χ3n) is 4.36. The summed E-state index contributed by atoms with van der Waals surface area (Å²) in [6.45, 7) is 5.87. The molecule has 0 aliphatic carbocycles. The molecule has 0 fully saturated rings. The molecule has 0 spiro atoms. The van der Waals surface area contributed by atoms with Gasteiger partial charge < -0.3 is 10.1 Å². The van der Waals surface area contributed by atoms with Crippen molar-refractivity contribution in [3.63, 3.8) is 0 Å². The molecule has 6 nitrogen and oxygen atoms in total. The molecule has 3 aromatic rings. The second kappa shape index (κ2) is 7.90. The van der Waals surface area contributed by atoms with E-state index >= 15 is 0 Å². The van der Waals surface area contributed by atoms with Crippen LogP contribution in [-0.4, -0.2) is 20.5 Å². The number of nitrogens with zero attached hydrogens (tertiary/aromatic N) is 1. The van der Waals surface area contributed by atoms with Gasteiger partial charge >= 0.3 is 0 Å². The number of aryl methyl sites for hydroxylation is 3. The number of anilines is 3. The van der Waals surface area contributed by atoms with Crippen LogP contribution in [0.4, 0.5) is 17.2 Å². The molecule has 2 N–H and O–H groups in total. The van der Waals surface area contributed by atoms with Crippen LogP contribution in [0.1, 0.15) is 16.7 Å². The fraction of sp³-hybridized carbons (Fsp3) is 0.190. The molecule has 2 aromatic carbocycles. The largest absolute Gasteiger partial charge is 0.495 e. The first-order valence-electron chi connectivity index (χ1n) is 8.77. The molecule has 0 saturated heterocycles. The second-order valence-electron chi connectivity index (χ2n) is 6.58. The zero-order chi connectivity index (χ0) is 20.3. The highest BCUT2D eigenvalue weighted by molar-refractivity contribution is 7.92. The predicted molar refractivity (Wildman–Crippen MR) is 112 cm³/mol. The Bertz CT molecular complexity index is 1070. The highest BCUT2D eigenvalue weighted by Crippen LogP contribution is 2.27. The van der Waals surface area contributed by atoms with Crippen LogP contribution in [-0.2, 0) is 10.0 Å². The van der Waals surface area contributed by atoms with E-state index in [1.165, 1.54) is 13.3 Å². The lowest BCUT2D eigenvalue weighted by atomic mass is 10.1. The highest BCUT2D eigenvalue weighted by atomic mass is 32.2. The quantitative estimate of drug-likeness (QED) is 0.637. The van der Waals surface area contributed by atoms with E-state index in [9.17, 15) is 8.42 Å². The van der Waals surface area contributed by atoms with E-state index in [4.69, 9.17) is 4.74 Å². The molecule has 3 rings (SSSR count). The average Bonchev–Trinajstić information content (AvgIpc) is 2.66. The summed E-state index contributed by atoms with van der Waals surface area (Å²) in [6, 6.07) is 14.5. The van der Waals surface area contributed by atoms with Gasteiger partial charge in [0, 0.05) is 5.69 Å². The van der Waals surface area contributed by atoms with Gasteiger partial charge in [-0.15, -0.1) is 0 Å². The lowest BCUT2D eigenvalue weighted by Gasteiger charge is -2.14. The summed E-state index contributed by atoms with van der Waals surface area (Å²) in [6.07, 6.45) is 1.48. The highest BCUT2D eigenvalue weighted by Gasteiger charge is 2.20. The summed E-state index contributed by atoms with van der Waals surface area (Å²) in [5, 5.41) is 3.28. The van der Waals surface area contributed by atoms with E-state index in [0.29, 0.717) is 17.3 Å². The van der Waals surface area contributed by atoms with Crippen LogP contribution in [0.15, 0.2) is 59.6 Å². The first kappa shape index (κ1) is 19.7. The van der Waals surface area contributed by atoms with Gasteiger partial charge in [0.25, 0.3) is 10.0 Å². The Morgan fingerprint density at radius 3 is 2.29 bits per heavy atom. The van der Waals surface area contributed by atoms with Crippen LogP contribution in [0.5, 0.6) is 5.75 Å². The van der Waals surface area contributed by atoms with E-state index < -0.39 is 10.0 Å². The smallest absolute Gasteiger partial charge is 0.265 e. The molecular formula is C21H23N3O3S. The Morgan fingerprint density at radius 1 is 0.964 bits per heavy atom. The number of aromatic nitrogens is 1. The van der Waals surface area contributed by atoms with Gasteiger partial charge in [0.15, 0.2) is 0 Å². The van der Waals surface area contributed by atoms with E-state index in [-0.39, 0.29) is 4.90 Å². The normalized spacial score (nSPS) is 11.1. The monoisotopic (exact) mass is 397 g/mol. The lowest BCUT2D eigenvalue weighted by Crippen LogP contribution is -2.14. The maximum Gasteiger partial charge on any atom is 0.265 e. The molecular weight excluding hydrogens is 374 g/mol. The molecule has 0 saturated carbocycles. The van der Waals surface area contributed by atoms with Crippen LogP contribution >= 0.6 is 0 Å². The van der Waals surface area contributed by atoms with Crippen LogP contribution in [0.3, 0.4) is 0 Å². The Kier molecular flexibility index (Phi) is 5.56. The third kappa shape index (κ3) is 4.26. The Hall–Kier alpha value is -3.06. The van der Waals surface area contributed by atoms with Crippen molar-refractivity contribution in [1.82, 2.24) is 4.98 Å². The molecule has 0 radical (unpaired) electrons. The van der Waals surface area contributed by atoms with Crippen molar-refractivity contribution in [2.24, 2.45) is 0 Å². The summed E-state index contributed by atoms with van der Waals surface area (Å²) in [4.78, 5) is 4.42. The molecule has 28 heavy (non-hydrogen) atoms. The Balaban J connectivity index is 1.82. The van der Waals surface area contributed by atoms with Crippen molar-refractivity contribution >= 4 is 27.2 Å². The van der Waals surface area contributed by atoms with Gasteiger partial charge in [-0.3, -0.25) is 4.72 Å². The molecule has 0 aliphatic rings. The zero-order valence-corrected chi connectivity index (χ0v) is 17.1. The van der Waals surface area contributed by atoms with E-state index in [0.717, 1.165) is 22.4 Å². The van der Waals surface area contributed by atoms with Gasteiger partial charge in [-0.2, -0.15) is 0 Å². The van der Waals surface area contributed by atoms with Crippen LogP contribution in [0, 0.1) is 20.8 Å². The summed E-state index contributed by atoms with van der Waals surface area (Å²) in [5.41, 5.74) is 4.41. The molecule has 0 atom stereocenters. The Labute approximate surface area is 165 Å². The zero-order valence-electron chi connectivity index (χ0n) is 16.3. The number of hydrogen-bond acceptors (Lipinski definition) is 5. The minimum Gasteiger partial charge on any atom is -0.495 e. The summed E-state index contributed by atoms with van der Waals surface area (Å²) >= 11 is 0. The minimum absolute atomic E-state index is 0.0905. The van der Waals surface area contributed by atoms with Crippen molar-refractivity contribution in [3.05, 3.63) is 71.4 Å². The van der Waals surface area contributed by atoms with Crippen molar-refractivity contribution < 1.29 is 13.2 Å². The fourth-order valence-electron chi connectivity index (χ4n) is 2.87. The van der Waals surface area contributed by atoms with Gasteiger partial charge in [0.2, 0.25) is 0 Å². The number of methoxy groups -OCH3 is 1. The van der Waals surface area contributed by atoms with E-state index in [2.05, 4.69) is 15.0 Å². The van der Waals surface area contributed by atoms with Crippen molar-refractivity contribution in [1.29, 1.82) is 0 Å². The van der Waals surface area contributed by atoms with Gasteiger partial charge in [0.05, 0.1) is 19.0 Å². The topological polar surface area (TPSA) is 80.3 Å². The van der Waals surface area contributed by atoms with E-state index in [1.807, 2.05) is 39.0 Å². The molecule has 146 valence electrons. The van der Waals surface area contributed by atoms with Gasteiger partial charge in [-0.1, -0.05) is 24.3 Å². The van der Waals surface area contributed by atoms with Gasteiger partial charge in [0.1, 0.15) is 16.5 Å². The minimum atomic E-state index is -3.80. The number of benzene rings is 2. The summed E-state index contributed by atoms with van der Waals surface area (Å²) in [7, 11) is -2.36. The third-order valence-corrected chi connectivity index (χ3v) is 5.76. The molecule has 0 bridgehead atoms. The van der Waals surface area contributed by atoms with Crippen molar-refractivity contribution in [3.8, 4) is 5.75 Å². The first-order valence-corrected chi connectivity index (χ1v) is 10.3. The van der Waals surface area contributed by atoms with Crippen molar-refractivity contribution in [2.45, 2.75) is 25.7 Å². The van der Waals surface area contributed by atoms with Gasteiger partial charge in [-0.25, -0.2) is 13.4 Å². The molecule has 0 amide bonds. The standard InChI is InChI=1S/C21H23N3O3S/c1-14-8-10-18(27-4)19(12-14)28(25,26)24-17-9-11-20(22-13-17)23-21-15(2)6-5-7-16(21)3/h5-13,24H,1-4H3,(H,22,23). The van der Waals surface area contributed by atoms with Crippen LogP contribution in [0.25, 0.3) is 0 Å². The molecule has 0 unspecified atom stereocenters. The number of pyridine rings is 1. The maximum atomic E-state index is 12.8. The average molecular weight is 398 g/mol. The van der Waals surface area contributed by atoms with E-state index in [1.54, 1.807) is 30.3 Å². The first-order chi connectivity index (χ1) is 13.3. The predicted octanol–water partition coefficient (Wildman–Crippen LogP) is 4.56. The Morgan fingerprint density at radius 2 is 1.68 bits per heavy atom. The number of para-hydroxylation sites is 1. The molecule has 1 aromatic heterocycles.